The van der Waals surface area contributed by atoms with Crippen LogP contribution < -0.4 is 17.0 Å². The van der Waals surface area contributed by atoms with Crippen LogP contribution in [0.2, 0.25) is 0 Å². The number of hydrogen-bond donors (Lipinski definition) is 4. The molecule has 1 aromatic rings. The standard InChI is InChI=1S/C15H19N3O3S/c1-10(2)5-3-6-11-7-4-8-12(9-11)22(21)14(18-17)13(16)15(19)20/h4,7-10,18H,5,16-17H2,1-2H3,(H,19,20)/b14-13+. The molecule has 1 aromatic carbocycles. The summed E-state index contributed by atoms with van der Waals surface area (Å²) in [4.78, 5) is 11.2. The molecule has 0 spiro atoms. The Bertz CT molecular complexity index is 632. The number of aliphatic carboxylic acids is 1. The lowest BCUT2D eigenvalue weighted by atomic mass is 10.1. The Morgan fingerprint density at radius 3 is 2.73 bits per heavy atom. The van der Waals surface area contributed by atoms with E-state index >= 15 is 0 Å². The van der Waals surface area contributed by atoms with Crippen LogP contribution in [0.25, 0.3) is 0 Å². The molecule has 0 aliphatic heterocycles. The van der Waals surface area contributed by atoms with Gasteiger partial charge in [-0.15, -0.1) is 0 Å². The zero-order valence-corrected chi connectivity index (χ0v) is 13.2. The van der Waals surface area contributed by atoms with Gasteiger partial charge in [-0.05, 0) is 18.1 Å². The highest BCUT2D eigenvalue weighted by Crippen LogP contribution is 2.19. The first-order chi connectivity index (χ1) is 10.4. The fourth-order valence-electron chi connectivity index (χ4n) is 1.49. The van der Waals surface area contributed by atoms with Crippen LogP contribution >= 0.6 is 0 Å². The normalized spacial score (nSPS) is 13.0. The zero-order valence-electron chi connectivity index (χ0n) is 12.4. The van der Waals surface area contributed by atoms with E-state index in [1.165, 1.54) is 0 Å². The van der Waals surface area contributed by atoms with E-state index in [2.05, 4.69) is 31.1 Å². The highest BCUT2D eigenvalue weighted by atomic mass is 32.2. The SMILES string of the molecule is CC(C)CC#Cc1cccc([S+]([O-])/C(NN)=C(/N)C(=O)O)c1. The van der Waals surface area contributed by atoms with Crippen LogP contribution in [0.1, 0.15) is 25.8 Å². The van der Waals surface area contributed by atoms with E-state index in [0.29, 0.717) is 16.4 Å². The highest BCUT2D eigenvalue weighted by molar-refractivity contribution is 7.95. The quantitative estimate of drug-likeness (QED) is 0.210. The summed E-state index contributed by atoms with van der Waals surface area (Å²) in [7, 11) is 0. The van der Waals surface area contributed by atoms with Crippen molar-refractivity contribution in [2.24, 2.45) is 17.5 Å². The van der Waals surface area contributed by atoms with Crippen molar-refractivity contribution < 1.29 is 14.5 Å². The predicted octanol–water partition coefficient (Wildman–Crippen LogP) is 0.868. The minimum absolute atomic E-state index is 0.250. The number of nitrogens with two attached hydrogens (primary N) is 2. The molecular formula is C15H19N3O3S. The molecule has 6 nitrogen and oxygen atoms in total. The molecule has 0 amide bonds. The first kappa shape index (κ1) is 17.9. The van der Waals surface area contributed by atoms with Crippen molar-refractivity contribution in [1.29, 1.82) is 0 Å². The average Bonchev–Trinajstić information content (AvgIpc) is 2.47. The highest BCUT2D eigenvalue weighted by Gasteiger charge is 2.24. The lowest BCUT2D eigenvalue weighted by molar-refractivity contribution is -0.132. The number of nitrogens with one attached hydrogen (secondary N) is 1. The lowest BCUT2D eigenvalue weighted by Crippen LogP contribution is -2.32. The summed E-state index contributed by atoms with van der Waals surface area (Å²) < 4.78 is 12.4. The fraction of sp³-hybridized carbons (Fsp3) is 0.267. The average molecular weight is 321 g/mol. The third-order valence-electron chi connectivity index (χ3n) is 2.58. The summed E-state index contributed by atoms with van der Waals surface area (Å²) in [6, 6.07) is 6.69. The Balaban J connectivity index is 3.08. The number of carbonyl (C=O) groups is 1. The second-order valence-corrected chi connectivity index (χ2v) is 6.31. The second-order valence-electron chi connectivity index (χ2n) is 4.89. The molecule has 1 rings (SSSR count). The van der Waals surface area contributed by atoms with E-state index in [1.54, 1.807) is 24.3 Å². The number of benzene rings is 1. The van der Waals surface area contributed by atoms with Crippen LogP contribution in [-0.2, 0) is 16.0 Å². The van der Waals surface area contributed by atoms with Gasteiger partial charge in [-0.1, -0.05) is 31.8 Å². The molecule has 7 heteroatoms. The molecule has 0 fully saturated rings. The topological polar surface area (TPSA) is 124 Å². The van der Waals surface area contributed by atoms with Crippen molar-refractivity contribution >= 4 is 17.1 Å². The number of rotatable bonds is 5. The first-order valence-electron chi connectivity index (χ1n) is 6.57. The van der Waals surface area contributed by atoms with Gasteiger partial charge < -0.3 is 15.4 Å². The molecule has 0 aliphatic carbocycles. The third kappa shape index (κ3) is 5.00. The van der Waals surface area contributed by atoms with E-state index in [-0.39, 0.29) is 5.03 Å². The van der Waals surface area contributed by atoms with E-state index in [4.69, 9.17) is 16.7 Å². The molecule has 118 valence electrons. The summed E-state index contributed by atoms with van der Waals surface area (Å²) in [5.74, 6) is 10.3. The Morgan fingerprint density at radius 1 is 1.50 bits per heavy atom. The number of hydrazine groups is 1. The van der Waals surface area contributed by atoms with Gasteiger partial charge in [-0.2, -0.15) is 0 Å². The molecule has 0 saturated carbocycles. The van der Waals surface area contributed by atoms with Crippen molar-refractivity contribution in [3.63, 3.8) is 0 Å². The van der Waals surface area contributed by atoms with Gasteiger partial charge in [0.15, 0.2) is 10.6 Å². The van der Waals surface area contributed by atoms with Crippen molar-refractivity contribution in [2.45, 2.75) is 25.2 Å². The maximum absolute atomic E-state index is 12.4. The van der Waals surface area contributed by atoms with Crippen LogP contribution in [0.4, 0.5) is 0 Å². The van der Waals surface area contributed by atoms with Gasteiger partial charge in [0, 0.05) is 29.2 Å². The van der Waals surface area contributed by atoms with Crippen molar-refractivity contribution in [1.82, 2.24) is 5.43 Å². The molecule has 0 aromatic heterocycles. The van der Waals surface area contributed by atoms with Gasteiger partial charge in [0.05, 0.1) is 0 Å². The Morgan fingerprint density at radius 2 is 2.18 bits per heavy atom. The first-order valence-corrected chi connectivity index (χ1v) is 7.72. The van der Waals surface area contributed by atoms with E-state index in [0.717, 1.165) is 6.42 Å². The smallest absolute Gasteiger partial charge is 0.358 e. The van der Waals surface area contributed by atoms with Crippen LogP contribution in [0.3, 0.4) is 0 Å². The van der Waals surface area contributed by atoms with E-state index in [9.17, 15) is 9.35 Å². The van der Waals surface area contributed by atoms with Crippen molar-refractivity contribution in [3.8, 4) is 11.8 Å². The van der Waals surface area contributed by atoms with Gasteiger partial charge in [0.25, 0.3) is 5.03 Å². The van der Waals surface area contributed by atoms with Gasteiger partial charge in [0.2, 0.25) is 0 Å². The van der Waals surface area contributed by atoms with E-state index in [1.807, 2.05) is 0 Å². The maximum atomic E-state index is 12.4. The van der Waals surface area contributed by atoms with Gasteiger partial charge in [-0.25, -0.2) is 10.6 Å². The molecule has 6 N–H and O–H groups in total. The van der Waals surface area contributed by atoms with Crippen LogP contribution in [0.15, 0.2) is 39.9 Å². The summed E-state index contributed by atoms with van der Waals surface area (Å²) in [5.41, 5.74) is 7.58. The van der Waals surface area contributed by atoms with E-state index < -0.39 is 22.8 Å². The van der Waals surface area contributed by atoms with Gasteiger partial charge >= 0.3 is 5.97 Å². The summed E-state index contributed by atoms with van der Waals surface area (Å²) >= 11 is -1.83. The molecule has 22 heavy (non-hydrogen) atoms. The number of carboxylic acid groups (broad SMARTS) is 1. The van der Waals surface area contributed by atoms with Crippen LogP contribution in [-0.4, -0.2) is 15.6 Å². The Kier molecular flexibility index (Phi) is 6.79. The minimum atomic E-state index is -1.83. The summed E-state index contributed by atoms with van der Waals surface area (Å²) in [6.07, 6.45) is 0.759. The number of carboxylic acids is 1. The van der Waals surface area contributed by atoms with Crippen molar-refractivity contribution in [3.05, 3.63) is 40.6 Å². The minimum Gasteiger partial charge on any atom is -0.605 e. The zero-order chi connectivity index (χ0) is 16.7. The van der Waals surface area contributed by atoms with Crippen LogP contribution in [0.5, 0.6) is 0 Å². The monoisotopic (exact) mass is 321 g/mol. The largest absolute Gasteiger partial charge is 0.605 e. The lowest BCUT2D eigenvalue weighted by Gasteiger charge is -2.13. The fourth-order valence-corrected chi connectivity index (χ4v) is 2.56. The molecule has 0 saturated heterocycles. The molecule has 0 bridgehead atoms. The van der Waals surface area contributed by atoms with Crippen LogP contribution in [0, 0.1) is 17.8 Å². The molecule has 0 heterocycles. The Labute approximate surface area is 132 Å². The molecule has 0 radical (unpaired) electrons. The second kappa shape index (κ2) is 8.34. The third-order valence-corrected chi connectivity index (χ3v) is 3.97. The summed E-state index contributed by atoms with van der Waals surface area (Å²) in [5, 5.41) is 8.62. The Hall–Kier alpha value is -2.14. The molecular weight excluding hydrogens is 302 g/mol. The van der Waals surface area contributed by atoms with Crippen molar-refractivity contribution in [2.75, 3.05) is 0 Å². The predicted molar refractivity (Wildman–Crippen MR) is 85.4 cm³/mol. The number of hydrogen-bond acceptors (Lipinski definition) is 5. The van der Waals surface area contributed by atoms with Gasteiger partial charge in [0.1, 0.15) is 0 Å². The maximum Gasteiger partial charge on any atom is 0.358 e. The molecule has 1 atom stereocenters. The van der Waals surface area contributed by atoms with Gasteiger partial charge in [-0.3, -0.25) is 5.43 Å². The molecule has 1 unspecified atom stereocenters. The summed E-state index contributed by atoms with van der Waals surface area (Å²) in [6.45, 7) is 4.14. The molecule has 0 aliphatic rings.